The van der Waals surface area contributed by atoms with Crippen molar-refractivity contribution in [2.45, 2.75) is 39.7 Å². The summed E-state index contributed by atoms with van der Waals surface area (Å²) in [7, 11) is 0. The predicted octanol–water partition coefficient (Wildman–Crippen LogP) is 4.81. The fraction of sp³-hybridized carbons (Fsp3) is 0.350. The molecular formula is C20H25N3. The number of rotatable bonds is 4. The van der Waals surface area contributed by atoms with E-state index in [1.165, 1.54) is 16.6 Å². The summed E-state index contributed by atoms with van der Waals surface area (Å²) in [6.45, 7) is 10.5. The second-order valence-corrected chi connectivity index (χ2v) is 6.99. The molecule has 0 saturated heterocycles. The number of aromatic nitrogens is 2. The predicted molar refractivity (Wildman–Crippen MR) is 98.1 cm³/mol. The molecule has 0 bridgehead atoms. The molecule has 0 amide bonds. The molecule has 0 radical (unpaired) electrons. The summed E-state index contributed by atoms with van der Waals surface area (Å²) >= 11 is 0. The summed E-state index contributed by atoms with van der Waals surface area (Å²) in [5.74, 6) is 0.939. The molecule has 1 heterocycles. The van der Waals surface area contributed by atoms with Gasteiger partial charge in [-0.2, -0.15) is 0 Å². The van der Waals surface area contributed by atoms with Crippen LogP contribution in [0.2, 0.25) is 0 Å². The quantitative estimate of drug-likeness (QED) is 0.749. The zero-order valence-electron chi connectivity index (χ0n) is 14.4. The second kappa shape index (κ2) is 6.07. The van der Waals surface area contributed by atoms with E-state index in [0.29, 0.717) is 0 Å². The highest BCUT2D eigenvalue weighted by molar-refractivity contribution is 5.78. The Morgan fingerprint density at radius 3 is 2.35 bits per heavy atom. The van der Waals surface area contributed by atoms with Crippen LogP contribution in [0, 0.1) is 0 Å². The highest BCUT2D eigenvalue weighted by Crippen LogP contribution is 2.24. The number of imidazole rings is 1. The molecule has 0 unspecified atom stereocenters. The van der Waals surface area contributed by atoms with Crippen molar-refractivity contribution in [1.82, 2.24) is 9.55 Å². The lowest BCUT2D eigenvalue weighted by Crippen LogP contribution is -2.11. The topological polar surface area (TPSA) is 29.9 Å². The Bertz CT molecular complexity index is 792. The molecule has 3 aromatic rings. The van der Waals surface area contributed by atoms with Gasteiger partial charge < -0.3 is 9.88 Å². The van der Waals surface area contributed by atoms with Gasteiger partial charge in [-0.1, -0.05) is 57.2 Å². The van der Waals surface area contributed by atoms with E-state index in [1.54, 1.807) is 0 Å². The molecule has 3 rings (SSSR count). The van der Waals surface area contributed by atoms with E-state index in [4.69, 9.17) is 4.98 Å². The normalized spacial score (nSPS) is 11.8. The van der Waals surface area contributed by atoms with Crippen LogP contribution < -0.4 is 5.32 Å². The molecule has 1 N–H and O–H groups in total. The fourth-order valence-corrected chi connectivity index (χ4v) is 2.82. The molecule has 23 heavy (non-hydrogen) atoms. The molecule has 0 aliphatic rings. The molecule has 0 saturated carbocycles. The lowest BCUT2D eigenvalue weighted by molar-refractivity contribution is 0.590. The molecule has 0 atom stereocenters. The molecule has 0 fully saturated rings. The summed E-state index contributed by atoms with van der Waals surface area (Å²) in [5.41, 5.74) is 5.05. The summed E-state index contributed by atoms with van der Waals surface area (Å²) in [6, 6.07) is 17.2. The van der Waals surface area contributed by atoms with Crippen molar-refractivity contribution in [1.29, 1.82) is 0 Å². The van der Waals surface area contributed by atoms with E-state index < -0.39 is 0 Å². The average Bonchev–Trinajstić information content (AvgIpc) is 2.85. The first-order chi connectivity index (χ1) is 11.0. The van der Waals surface area contributed by atoms with Gasteiger partial charge in [0.25, 0.3) is 0 Å². The Morgan fingerprint density at radius 2 is 1.70 bits per heavy atom. The van der Waals surface area contributed by atoms with Crippen LogP contribution in [-0.2, 0) is 12.0 Å². The van der Waals surface area contributed by atoms with E-state index in [-0.39, 0.29) is 5.41 Å². The Kier molecular flexibility index (Phi) is 4.12. The van der Waals surface area contributed by atoms with E-state index in [9.17, 15) is 0 Å². The highest BCUT2D eigenvalue weighted by Gasteiger charge is 2.14. The molecule has 3 nitrogen and oxygen atoms in total. The molecule has 120 valence electrons. The van der Waals surface area contributed by atoms with Crippen LogP contribution in [0.3, 0.4) is 0 Å². The first-order valence-corrected chi connectivity index (χ1v) is 8.27. The Morgan fingerprint density at radius 1 is 1.00 bits per heavy atom. The fourth-order valence-electron chi connectivity index (χ4n) is 2.82. The van der Waals surface area contributed by atoms with Crippen LogP contribution in [0.4, 0.5) is 5.95 Å². The average molecular weight is 307 g/mol. The van der Waals surface area contributed by atoms with Gasteiger partial charge in [0.05, 0.1) is 17.6 Å². The largest absolute Gasteiger partial charge is 0.356 e. The summed E-state index contributed by atoms with van der Waals surface area (Å²) in [6.07, 6.45) is 0. The number of hydrogen-bond acceptors (Lipinski definition) is 2. The maximum absolute atomic E-state index is 4.71. The van der Waals surface area contributed by atoms with E-state index in [0.717, 1.165) is 24.6 Å². The minimum absolute atomic E-state index is 0.190. The first kappa shape index (κ1) is 15.6. The second-order valence-electron chi connectivity index (χ2n) is 6.99. The number of anilines is 1. The van der Waals surface area contributed by atoms with Gasteiger partial charge in [0.15, 0.2) is 0 Å². The van der Waals surface area contributed by atoms with Crippen molar-refractivity contribution in [3.63, 3.8) is 0 Å². The standard InChI is InChI=1S/C20H25N3/c1-5-21-19-22-17-8-6-7-9-18(17)23(19)14-15-10-12-16(13-11-15)20(2,3)4/h6-13H,5,14H2,1-4H3,(H,21,22). The van der Waals surface area contributed by atoms with E-state index in [1.807, 2.05) is 6.07 Å². The van der Waals surface area contributed by atoms with Crippen molar-refractivity contribution in [2.24, 2.45) is 0 Å². The van der Waals surface area contributed by atoms with Crippen LogP contribution in [0.25, 0.3) is 11.0 Å². The van der Waals surface area contributed by atoms with Gasteiger partial charge in [0, 0.05) is 6.54 Å². The van der Waals surface area contributed by atoms with E-state index >= 15 is 0 Å². The van der Waals surface area contributed by atoms with Crippen LogP contribution in [0.5, 0.6) is 0 Å². The smallest absolute Gasteiger partial charge is 0.204 e. The van der Waals surface area contributed by atoms with Gasteiger partial charge in [-0.3, -0.25) is 0 Å². The van der Waals surface area contributed by atoms with Crippen LogP contribution >= 0.6 is 0 Å². The number of nitrogens with one attached hydrogen (secondary N) is 1. The SMILES string of the molecule is CCNc1nc2ccccc2n1Cc1ccc(C(C)(C)C)cc1. The Labute approximate surface area is 138 Å². The molecule has 2 aromatic carbocycles. The van der Waals surface area contributed by atoms with Crippen molar-refractivity contribution >= 4 is 17.0 Å². The summed E-state index contributed by atoms with van der Waals surface area (Å²) in [5, 5.41) is 3.37. The lowest BCUT2D eigenvalue weighted by atomic mass is 9.87. The number of benzene rings is 2. The monoisotopic (exact) mass is 307 g/mol. The van der Waals surface area contributed by atoms with Crippen molar-refractivity contribution in [3.8, 4) is 0 Å². The zero-order chi connectivity index (χ0) is 16.4. The molecule has 3 heteroatoms. The molecule has 1 aromatic heterocycles. The molecular weight excluding hydrogens is 282 g/mol. The maximum Gasteiger partial charge on any atom is 0.204 e. The van der Waals surface area contributed by atoms with Gasteiger partial charge in [-0.15, -0.1) is 0 Å². The van der Waals surface area contributed by atoms with Gasteiger partial charge in [0.2, 0.25) is 5.95 Å². The third-order valence-corrected chi connectivity index (χ3v) is 4.15. The van der Waals surface area contributed by atoms with E-state index in [2.05, 4.69) is 80.0 Å². The number of hydrogen-bond donors (Lipinski definition) is 1. The minimum Gasteiger partial charge on any atom is -0.356 e. The third kappa shape index (κ3) is 3.24. The Balaban J connectivity index is 1.96. The van der Waals surface area contributed by atoms with Crippen LogP contribution in [0.1, 0.15) is 38.8 Å². The highest BCUT2D eigenvalue weighted by atomic mass is 15.2. The minimum atomic E-state index is 0.190. The van der Waals surface area contributed by atoms with Gasteiger partial charge >= 0.3 is 0 Å². The number of fused-ring (bicyclic) bond motifs is 1. The van der Waals surface area contributed by atoms with Crippen molar-refractivity contribution in [2.75, 3.05) is 11.9 Å². The molecule has 0 aliphatic carbocycles. The first-order valence-electron chi connectivity index (χ1n) is 8.27. The Hall–Kier alpha value is -2.29. The van der Waals surface area contributed by atoms with Crippen molar-refractivity contribution in [3.05, 3.63) is 59.7 Å². The summed E-state index contributed by atoms with van der Waals surface area (Å²) in [4.78, 5) is 4.71. The lowest BCUT2D eigenvalue weighted by Gasteiger charge is -2.19. The maximum atomic E-state index is 4.71. The van der Waals surface area contributed by atoms with Gasteiger partial charge in [0.1, 0.15) is 0 Å². The zero-order valence-corrected chi connectivity index (χ0v) is 14.4. The van der Waals surface area contributed by atoms with Crippen molar-refractivity contribution < 1.29 is 0 Å². The number of nitrogens with zero attached hydrogens (tertiary/aromatic N) is 2. The third-order valence-electron chi connectivity index (χ3n) is 4.15. The van der Waals surface area contributed by atoms with Gasteiger partial charge in [-0.25, -0.2) is 4.98 Å². The summed E-state index contributed by atoms with van der Waals surface area (Å²) < 4.78 is 2.25. The van der Waals surface area contributed by atoms with Gasteiger partial charge in [-0.05, 0) is 35.6 Å². The molecule has 0 spiro atoms. The van der Waals surface area contributed by atoms with Crippen LogP contribution in [-0.4, -0.2) is 16.1 Å². The van der Waals surface area contributed by atoms with Crippen LogP contribution in [0.15, 0.2) is 48.5 Å². The molecule has 0 aliphatic heterocycles. The number of para-hydroxylation sites is 2.